The van der Waals surface area contributed by atoms with Crippen LogP contribution in [0.5, 0.6) is 5.75 Å². The van der Waals surface area contributed by atoms with Crippen LogP contribution >= 0.6 is 0 Å². The van der Waals surface area contributed by atoms with Crippen molar-refractivity contribution >= 4 is 0 Å². The summed E-state index contributed by atoms with van der Waals surface area (Å²) in [6.45, 7) is 3.65. The van der Waals surface area contributed by atoms with Gasteiger partial charge in [-0.1, -0.05) is 31.9 Å². The van der Waals surface area contributed by atoms with Gasteiger partial charge >= 0.3 is 0 Å². The minimum absolute atomic E-state index is 0.312. The molecule has 1 aromatic rings. The molecule has 1 aromatic carbocycles. The summed E-state index contributed by atoms with van der Waals surface area (Å²) >= 11 is 0. The Balaban J connectivity index is 1.91. The second-order valence-electron chi connectivity index (χ2n) is 6.16. The van der Waals surface area contributed by atoms with Gasteiger partial charge in [0.25, 0.3) is 0 Å². The number of ether oxygens (including phenoxy) is 2. The molecule has 3 heteroatoms. The Kier molecular flexibility index (Phi) is 6.52. The first-order chi connectivity index (χ1) is 10.3. The molecule has 1 aliphatic rings. The second kappa shape index (κ2) is 8.40. The molecular weight excluding hydrogens is 262 g/mol. The smallest absolute Gasteiger partial charge is 0.119 e. The first kappa shape index (κ1) is 16.3. The molecule has 0 spiro atoms. The van der Waals surface area contributed by atoms with Crippen molar-refractivity contribution in [1.82, 2.24) is 0 Å². The molecule has 0 heterocycles. The van der Waals surface area contributed by atoms with Gasteiger partial charge in [0, 0.05) is 0 Å². The second-order valence-corrected chi connectivity index (χ2v) is 6.16. The van der Waals surface area contributed by atoms with Crippen molar-refractivity contribution in [3.63, 3.8) is 0 Å². The predicted molar refractivity (Wildman–Crippen MR) is 86.4 cm³/mol. The van der Waals surface area contributed by atoms with Gasteiger partial charge in [-0.3, -0.25) is 0 Å². The lowest BCUT2D eigenvalue weighted by Gasteiger charge is -2.35. The summed E-state index contributed by atoms with van der Waals surface area (Å²) in [5.41, 5.74) is 7.10. The lowest BCUT2D eigenvalue weighted by Crippen LogP contribution is -2.36. The third-order valence-corrected chi connectivity index (χ3v) is 4.64. The quantitative estimate of drug-likeness (QED) is 0.832. The van der Waals surface area contributed by atoms with Crippen LogP contribution in [0.25, 0.3) is 0 Å². The predicted octanol–water partition coefficient (Wildman–Crippen LogP) is 3.76. The molecule has 1 fully saturated rings. The van der Waals surface area contributed by atoms with E-state index in [4.69, 9.17) is 15.2 Å². The molecule has 1 aliphatic carbocycles. The standard InChI is InChI=1S/C18H29NO2/c1-3-5-14-8-9-16(12-19)18(11-14)21-13-15-6-4-7-17(10-15)20-2/h4,6-7,10,14,16,18H,3,5,8-9,11-13,19H2,1-2H3. The van der Waals surface area contributed by atoms with Crippen molar-refractivity contribution in [2.24, 2.45) is 17.6 Å². The highest BCUT2D eigenvalue weighted by Crippen LogP contribution is 2.33. The topological polar surface area (TPSA) is 44.5 Å². The molecular formula is C18H29NO2. The van der Waals surface area contributed by atoms with Gasteiger partial charge in [-0.15, -0.1) is 0 Å². The maximum atomic E-state index is 6.21. The van der Waals surface area contributed by atoms with Crippen molar-refractivity contribution in [2.45, 2.75) is 51.7 Å². The highest BCUT2D eigenvalue weighted by molar-refractivity contribution is 5.27. The van der Waals surface area contributed by atoms with Crippen LogP contribution < -0.4 is 10.5 Å². The minimum Gasteiger partial charge on any atom is -0.497 e. The van der Waals surface area contributed by atoms with Crippen LogP contribution in [0.1, 0.15) is 44.6 Å². The molecule has 0 aromatic heterocycles. The molecule has 0 aliphatic heterocycles. The lowest BCUT2D eigenvalue weighted by molar-refractivity contribution is -0.0340. The maximum absolute atomic E-state index is 6.21. The van der Waals surface area contributed by atoms with Gasteiger partial charge < -0.3 is 15.2 Å². The molecule has 3 atom stereocenters. The normalized spacial score (nSPS) is 25.8. The van der Waals surface area contributed by atoms with Gasteiger partial charge in [0.15, 0.2) is 0 Å². The van der Waals surface area contributed by atoms with Gasteiger partial charge in [-0.25, -0.2) is 0 Å². The van der Waals surface area contributed by atoms with Crippen LogP contribution in [0.15, 0.2) is 24.3 Å². The van der Waals surface area contributed by atoms with E-state index in [0.29, 0.717) is 18.6 Å². The number of hydrogen-bond donors (Lipinski definition) is 1. The van der Waals surface area contributed by atoms with E-state index in [-0.39, 0.29) is 0 Å². The van der Waals surface area contributed by atoms with Crippen LogP contribution in [0.2, 0.25) is 0 Å². The number of rotatable bonds is 7. The third kappa shape index (κ3) is 4.72. The van der Waals surface area contributed by atoms with E-state index in [1.165, 1.54) is 37.7 Å². The van der Waals surface area contributed by atoms with E-state index < -0.39 is 0 Å². The SMILES string of the molecule is CCCC1CCC(CN)C(OCc2cccc(OC)c2)C1. The number of benzene rings is 1. The Morgan fingerprint density at radius 3 is 2.86 bits per heavy atom. The molecule has 21 heavy (non-hydrogen) atoms. The Labute approximate surface area is 128 Å². The fourth-order valence-corrected chi connectivity index (χ4v) is 3.38. The Morgan fingerprint density at radius 1 is 1.29 bits per heavy atom. The lowest BCUT2D eigenvalue weighted by atomic mass is 9.78. The van der Waals surface area contributed by atoms with E-state index in [1.807, 2.05) is 18.2 Å². The molecule has 0 amide bonds. The summed E-state index contributed by atoms with van der Waals surface area (Å²) in [5, 5.41) is 0. The van der Waals surface area contributed by atoms with E-state index in [2.05, 4.69) is 13.0 Å². The molecule has 2 N–H and O–H groups in total. The Hall–Kier alpha value is -1.06. The monoisotopic (exact) mass is 291 g/mol. The van der Waals surface area contributed by atoms with Crippen molar-refractivity contribution in [1.29, 1.82) is 0 Å². The number of methoxy groups -OCH3 is 1. The van der Waals surface area contributed by atoms with E-state index in [0.717, 1.165) is 18.2 Å². The molecule has 0 radical (unpaired) electrons. The summed E-state index contributed by atoms with van der Waals surface area (Å²) in [7, 11) is 1.70. The zero-order valence-corrected chi connectivity index (χ0v) is 13.4. The molecule has 3 nitrogen and oxygen atoms in total. The van der Waals surface area contributed by atoms with Crippen molar-refractivity contribution in [3.8, 4) is 5.75 Å². The number of nitrogens with two attached hydrogens (primary N) is 1. The molecule has 0 bridgehead atoms. The maximum Gasteiger partial charge on any atom is 0.119 e. The first-order valence-corrected chi connectivity index (χ1v) is 8.21. The van der Waals surface area contributed by atoms with Crippen molar-refractivity contribution < 1.29 is 9.47 Å². The summed E-state index contributed by atoms with van der Waals surface area (Å²) in [5.74, 6) is 2.22. The summed E-state index contributed by atoms with van der Waals surface area (Å²) in [6, 6.07) is 8.11. The van der Waals surface area contributed by atoms with Crippen LogP contribution in [0.4, 0.5) is 0 Å². The zero-order chi connectivity index (χ0) is 15.1. The fraction of sp³-hybridized carbons (Fsp3) is 0.667. The molecule has 1 saturated carbocycles. The van der Waals surface area contributed by atoms with E-state index >= 15 is 0 Å². The number of hydrogen-bond acceptors (Lipinski definition) is 3. The van der Waals surface area contributed by atoms with Gasteiger partial charge in [-0.2, -0.15) is 0 Å². The first-order valence-electron chi connectivity index (χ1n) is 8.21. The van der Waals surface area contributed by atoms with Gasteiger partial charge in [0.2, 0.25) is 0 Å². The van der Waals surface area contributed by atoms with Crippen LogP contribution in [-0.4, -0.2) is 19.8 Å². The Bertz CT molecular complexity index is 421. The van der Waals surface area contributed by atoms with E-state index in [9.17, 15) is 0 Å². The molecule has 3 unspecified atom stereocenters. The van der Waals surface area contributed by atoms with Gasteiger partial charge in [0.1, 0.15) is 5.75 Å². The summed E-state index contributed by atoms with van der Waals surface area (Å²) in [4.78, 5) is 0. The largest absolute Gasteiger partial charge is 0.497 e. The van der Waals surface area contributed by atoms with Crippen molar-refractivity contribution in [3.05, 3.63) is 29.8 Å². The molecule has 2 rings (SSSR count). The summed E-state index contributed by atoms with van der Waals surface area (Å²) in [6.07, 6.45) is 6.58. The van der Waals surface area contributed by atoms with Crippen molar-refractivity contribution in [2.75, 3.05) is 13.7 Å². The average molecular weight is 291 g/mol. The van der Waals surface area contributed by atoms with Gasteiger partial charge in [0.05, 0.1) is 19.8 Å². The average Bonchev–Trinajstić information content (AvgIpc) is 2.53. The van der Waals surface area contributed by atoms with Crippen LogP contribution in [-0.2, 0) is 11.3 Å². The highest BCUT2D eigenvalue weighted by atomic mass is 16.5. The Morgan fingerprint density at radius 2 is 2.14 bits per heavy atom. The van der Waals surface area contributed by atoms with E-state index in [1.54, 1.807) is 7.11 Å². The third-order valence-electron chi connectivity index (χ3n) is 4.64. The minimum atomic E-state index is 0.312. The summed E-state index contributed by atoms with van der Waals surface area (Å²) < 4.78 is 11.5. The van der Waals surface area contributed by atoms with Crippen LogP contribution in [0.3, 0.4) is 0 Å². The van der Waals surface area contributed by atoms with Crippen LogP contribution in [0, 0.1) is 11.8 Å². The fourth-order valence-electron chi connectivity index (χ4n) is 3.38. The molecule has 0 saturated heterocycles. The highest BCUT2D eigenvalue weighted by Gasteiger charge is 2.29. The zero-order valence-electron chi connectivity index (χ0n) is 13.4. The molecule has 118 valence electrons. The van der Waals surface area contributed by atoms with Gasteiger partial charge in [-0.05, 0) is 55.3 Å².